The summed E-state index contributed by atoms with van der Waals surface area (Å²) >= 11 is 0. The Bertz CT molecular complexity index is 1230. The molecule has 2 aromatic carbocycles. The quantitative estimate of drug-likeness (QED) is 0.395. The lowest BCUT2D eigenvalue weighted by molar-refractivity contribution is 0.0824. The zero-order valence-electron chi connectivity index (χ0n) is 17.9. The van der Waals surface area contributed by atoms with E-state index in [1.165, 1.54) is 11.0 Å². The van der Waals surface area contributed by atoms with E-state index >= 15 is 0 Å². The maximum atomic E-state index is 12.4. The molecule has 0 radical (unpaired) electrons. The van der Waals surface area contributed by atoms with E-state index in [1.54, 1.807) is 32.5 Å². The maximum absolute atomic E-state index is 12.4. The monoisotopic (exact) mass is 423 g/mol. The highest BCUT2D eigenvalue weighted by Crippen LogP contribution is 2.56. The third-order valence-electron chi connectivity index (χ3n) is 6.03. The van der Waals surface area contributed by atoms with Crippen molar-refractivity contribution in [2.45, 2.75) is 32.7 Å². The van der Waals surface area contributed by atoms with E-state index in [4.69, 9.17) is 4.42 Å². The predicted octanol–water partition coefficient (Wildman–Crippen LogP) is 3.29. The highest BCUT2D eigenvalue weighted by molar-refractivity contribution is 5.99. The zero-order valence-corrected chi connectivity index (χ0v) is 17.9. The van der Waals surface area contributed by atoms with Gasteiger partial charge < -0.3 is 25.1 Å². The summed E-state index contributed by atoms with van der Waals surface area (Å²) in [4.78, 5) is 38.3. The van der Waals surface area contributed by atoms with Crippen molar-refractivity contribution in [3.05, 3.63) is 67.9 Å². The van der Waals surface area contributed by atoms with Crippen molar-refractivity contribution in [3.8, 4) is 5.75 Å². The standard InChI is InChI=1S/C23H25N3O5/c1-12-8-11-31-20(12)21(23(2)9-10-23)25-16-15(18(28)19(16)29)24-14-7-5-6-13(17(14)27)22(30)26(3)4/h5-8,11,21,24-25,27H,9-10H2,1-4H3/t21-/m0/s1. The lowest BCUT2D eigenvalue weighted by Gasteiger charge is -2.27. The Kier molecular flexibility index (Phi) is 4.88. The second-order valence-corrected chi connectivity index (χ2v) is 8.63. The number of benzene rings is 1. The third kappa shape index (κ3) is 3.48. The first kappa shape index (κ1) is 20.7. The van der Waals surface area contributed by atoms with Crippen LogP contribution in [-0.4, -0.2) is 30.0 Å². The van der Waals surface area contributed by atoms with Crippen molar-refractivity contribution in [2.75, 3.05) is 24.7 Å². The minimum absolute atomic E-state index is 0.0632. The average molecular weight is 423 g/mol. The van der Waals surface area contributed by atoms with Crippen molar-refractivity contribution >= 4 is 23.0 Å². The topological polar surface area (TPSA) is 112 Å². The molecule has 1 heterocycles. The van der Waals surface area contributed by atoms with Gasteiger partial charge in [-0.05, 0) is 48.9 Å². The molecule has 0 unspecified atom stereocenters. The van der Waals surface area contributed by atoms with Crippen LogP contribution in [0.5, 0.6) is 5.75 Å². The molecule has 3 aromatic rings. The Balaban J connectivity index is 1.67. The molecule has 0 spiro atoms. The smallest absolute Gasteiger partial charge is 0.257 e. The Morgan fingerprint density at radius 2 is 1.84 bits per heavy atom. The van der Waals surface area contributed by atoms with Gasteiger partial charge in [0.05, 0.1) is 23.6 Å². The number of anilines is 3. The predicted molar refractivity (Wildman–Crippen MR) is 118 cm³/mol. The highest BCUT2D eigenvalue weighted by atomic mass is 16.3. The minimum Gasteiger partial charge on any atom is -0.505 e. The van der Waals surface area contributed by atoms with Crippen LogP contribution in [0.3, 0.4) is 0 Å². The summed E-state index contributed by atoms with van der Waals surface area (Å²) in [6.07, 6.45) is 3.55. The van der Waals surface area contributed by atoms with Gasteiger partial charge >= 0.3 is 0 Å². The molecule has 1 fully saturated rings. The second kappa shape index (κ2) is 7.30. The number of carbonyl (C=O) groups excluding carboxylic acids is 1. The number of aryl methyl sites for hydroxylation is 1. The van der Waals surface area contributed by atoms with Crippen molar-refractivity contribution in [2.24, 2.45) is 5.41 Å². The second-order valence-electron chi connectivity index (χ2n) is 8.63. The summed E-state index contributed by atoms with van der Waals surface area (Å²) in [5, 5.41) is 16.6. The SMILES string of the molecule is Cc1ccoc1[C@H](Nc1c(Nc2cccc(C(=O)N(C)C)c2O)c(=O)c1=O)C1(C)CC1. The number of aromatic hydroxyl groups is 1. The summed E-state index contributed by atoms with van der Waals surface area (Å²) in [6, 6.07) is 6.23. The van der Waals surface area contributed by atoms with E-state index < -0.39 is 10.9 Å². The zero-order chi connectivity index (χ0) is 22.5. The van der Waals surface area contributed by atoms with Gasteiger partial charge in [0, 0.05) is 14.1 Å². The third-order valence-corrected chi connectivity index (χ3v) is 6.03. The van der Waals surface area contributed by atoms with Crippen LogP contribution in [0.1, 0.15) is 47.5 Å². The Labute approximate surface area is 179 Å². The molecule has 1 aromatic heterocycles. The molecule has 8 nitrogen and oxygen atoms in total. The van der Waals surface area contributed by atoms with Gasteiger partial charge in [0.25, 0.3) is 16.8 Å². The molecule has 0 bridgehead atoms. The number of phenols is 1. The van der Waals surface area contributed by atoms with Crippen LogP contribution in [0.4, 0.5) is 17.1 Å². The first-order chi connectivity index (χ1) is 14.6. The van der Waals surface area contributed by atoms with Gasteiger partial charge in [-0.2, -0.15) is 0 Å². The van der Waals surface area contributed by atoms with Gasteiger partial charge in [0.15, 0.2) is 5.75 Å². The summed E-state index contributed by atoms with van der Waals surface area (Å²) in [5.41, 5.74) is 0.0640. The molecule has 3 N–H and O–H groups in total. The summed E-state index contributed by atoms with van der Waals surface area (Å²) in [6.45, 7) is 4.04. The number of rotatable bonds is 7. The Morgan fingerprint density at radius 3 is 2.42 bits per heavy atom. The number of amides is 1. The van der Waals surface area contributed by atoms with Crippen LogP contribution in [-0.2, 0) is 0 Å². The normalized spacial score (nSPS) is 15.5. The lowest BCUT2D eigenvalue weighted by atomic mass is 9.93. The minimum atomic E-state index is -0.679. The fourth-order valence-corrected chi connectivity index (χ4v) is 3.71. The van der Waals surface area contributed by atoms with E-state index in [1.807, 2.05) is 13.0 Å². The largest absolute Gasteiger partial charge is 0.505 e. The van der Waals surface area contributed by atoms with E-state index in [0.29, 0.717) is 0 Å². The summed E-state index contributed by atoms with van der Waals surface area (Å²) in [5.74, 6) is 0.0766. The van der Waals surface area contributed by atoms with E-state index in [-0.39, 0.29) is 45.7 Å². The molecule has 1 amide bonds. The molecular weight excluding hydrogens is 398 g/mol. The van der Waals surface area contributed by atoms with Crippen molar-refractivity contribution < 1.29 is 14.3 Å². The summed E-state index contributed by atoms with van der Waals surface area (Å²) in [7, 11) is 3.16. The number of carbonyl (C=O) groups is 1. The first-order valence-electron chi connectivity index (χ1n) is 10.1. The molecule has 4 rings (SSSR count). The number of para-hydroxylation sites is 1. The van der Waals surface area contributed by atoms with Crippen molar-refractivity contribution in [1.82, 2.24) is 4.90 Å². The average Bonchev–Trinajstić information content (AvgIpc) is 3.35. The molecule has 1 aliphatic rings. The molecule has 1 saturated carbocycles. The first-order valence-corrected chi connectivity index (χ1v) is 10.1. The van der Waals surface area contributed by atoms with Crippen LogP contribution in [0.2, 0.25) is 0 Å². The fraction of sp³-hybridized carbons (Fsp3) is 0.348. The van der Waals surface area contributed by atoms with Gasteiger partial charge in [-0.25, -0.2) is 0 Å². The Hall–Kier alpha value is -3.55. The molecule has 0 aliphatic heterocycles. The lowest BCUT2D eigenvalue weighted by Crippen LogP contribution is -2.38. The molecule has 8 heteroatoms. The Morgan fingerprint density at radius 1 is 1.16 bits per heavy atom. The van der Waals surface area contributed by atoms with E-state index in [2.05, 4.69) is 17.6 Å². The molecule has 0 saturated heterocycles. The number of hydrogen-bond acceptors (Lipinski definition) is 7. The molecule has 1 atom stereocenters. The van der Waals surface area contributed by atoms with Crippen LogP contribution in [0.15, 0.2) is 44.5 Å². The van der Waals surface area contributed by atoms with Crippen LogP contribution < -0.4 is 21.5 Å². The van der Waals surface area contributed by atoms with Gasteiger partial charge in [0.2, 0.25) is 0 Å². The number of hydrogen-bond donors (Lipinski definition) is 3. The van der Waals surface area contributed by atoms with E-state index in [0.717, 1.165) is 24.2 Å². The highest BCUT2D eigenvalue weighted by Gasteiger charge is 2.48. The summed E-state index contributed by atoms with van der Waals surface area (Å²) < 4.78 is 5.68. The number of nitrogens with one attached hydrogen (secondary N) is 2. The number of nitrogens with zero attached hydrogens (tertiary/aromatic N) is 1. The maximum Gasteiger partial charge on any atom is 0.257 e. The van der Waals surface area contributed by atoms with Crippen LogP contribution in [0.25, 0.3) is 0 Å². The van der Waals surface area contributed by atoms with Crippen molar-refractivity contribution in [3.63, 3.8) is 0 Å². The van der Waals surface area contributed by atoms with E-state index in [9.17, 15) is 19.5 Å². The van der Waals surface area contributed by atoms with Crippen LogP contribution >= 0.6 is 0 Å². The molecule has 31 heavy (non-hydrogen) atoms. The van der Waals surface area contributed by atoms with Gasteiger partial charge in [-0.3, -0.25) is 14.4 Å². The van der Waals surface area contributed by atoms with Gasteiger partial charge in [-0.15, -0.1) is 0 Å². The fourth-order valence-electron chi connectivity index (χ4n) is 3.71. The number of phenolic OH excluding ortho intramolecular Hbond substituents is 1. The molecule has 1 aliphatic carbocycles. The molecular formula is C23H25N3O5. The van der Waals surface area contributed by atoms with Gasteiger partial charge in [0.1, 0.15) is 17.1 Å². The van der Waals surface area contributed by atoms with Gasteiger partial charge in [-0.1, -0.05) is 13.0 Å². The van der Waals surface area contributed by atoms with Crippen molar-refractivity contribution in [1.29, 1.82) is 0 Å². The molecule has 162 valence electrons. The van der Waals surface area contributed by atoms with Crippen LogP contribution in [0, 0.1) is 12.3 Å². The number of furan rings is 1.